The fraction of sp³-hybridized carbons (Fsp3) is 0.320. The lowest BCUT2D eigenvalue weighted by Gasteiger charge is -2.27. The smallest absolute Gasteiger partial charge is 0.263 e. The molecule has 4 heterocycles. The lowest BCUT2D eigenvalue weighted by Crippen LogP contribution is -2.36. The van der Waals surface area contributed by atoms with E-state index in [0.717, 1.165) is 40.3 Å². The summed E-state index contributed by atoms with van der Waals surface area (Å²) in [5.74, 6) is 1.33. The highest BCUT2D eigenvalue weighted by Crippen LogP contribution is 2.39. The molecule has 1 atom stereocenters. The molecule has 4 aromatic rings. The maximum Gasteiger partial charge on any atom is 0.263 e. The van der Waals surface area contributed by atoms with E-state index < -0.39 is 0 Å². The summed E-state index contributed by atoms with van der Waals surface area (Å²) in [6.07, 6.45) is 3.20. The van der Waals surface area contributed by atoms with Gasteiger partial charge in [-0.3, -0.25) is 14.2 Å². The number of carbonyl (C=O) groups excluding carboxylic acids is 1. The highest BCUT2D eigenvalue weighted by Gasteiger charge is 2.32. The van der Waals surface area contributed by atoms with Crippen LogP contribution in [0.4, 0.5) is 0 Å². The fourth-order valence-electron chi connectivity index (χ4n) is 4.57. The third kappa shape index (κ3) is 3.99. The second-order valence-corrected chi connectivity index (χ2v) is 10.4. The largest absolute Gasteiger partial charge is 0.497 e. The number of thiophene rings is 2. The first-order valence-corrected chi connectivity index (χ1v) is 12.7. The van der Waals surface area contributed by atoms with Crippen LogP contribution in [-0.4, -0.2) is 41.1 Å². The molecule has 0 N–H and O–H groups in total. The summed E-state index contributed by atoms with van der Waals surface area (Å²) in [5.41, 5.74) is 1.62. The molecule has 0 spiro atoms. The van der Waals surface area contributed by atoms with Crippen molar-refractivity contribution in [1.82, 2.24) is 14.5 Å². The standard InChI is InChI=1S/C25H25N3O4S2/c1-15-6-9-21(34-15)18-13-33-24-23(18)25(30)27(14-26-24)12-22(29)28-10-4-5-19(28)17-11-16(31-2)7-8-20(17)32-3/h6-9,11,13-14,19H,4-5,10,12H2,1-3H3. The highest BCUT2D eigenvalue weighted by atomic mass is 32.1. The molecule has 7 nitrogen and oxygen atoms in total. The molecule has 1 aliphatic heterocycles. The fourth-order valence-corrected chi connectivity index (χ4v) is 6.43. The van der Waals surface area contributed by atoms with Crippen LogP contribution in [0.3, 0.4) is 0 Å². The predicted octanol–water partition coefficient (Wildman–Crippen LogP) is 4.88. The molecular weight excluding hydrogens is 470 g/mol. The topological polar surface area (TPSA) is 73.7 Å². The van der Waals surface area contributed by atoms with Crippen molar-refractivity contribution in [2.75, 3.05) is 20.8 Å². The first kappa shape index (κ1) is 22.6. The SMILES string of the molecule is COc1ccc(OC)c(C2CCCN2C(=O)Cn2cnc3scc(-c4ccc(C)s4)c3c2=O)c1. The normalized spacial score (nSPS) is 15.7. The molecule has 1 amide bonds. The molecule has 3 aromatic heterocycles. The molecule has 1 aromatic carbocycles. The number of likely N-dealkylation sites (tertiary alicyclic amines) is 1. The van der Waals surface area contributed by atoms with Crippen molar-refractivity contribution in [2.45, 2.75) is 32.4 Å². The number of carbonyl (C=O) groups is 1. The number of ether oxygens (including phenoxy) is 2. The van der Waals surface area contributed by atoms with Gasteiger partial charge in [-0.05, 0) is 50.1 Å². The Morgan fingerprint density at radius 3 is 2.79 bits per heavy atom. The van der Waals surface area contributed by atoms with Gasteiger partial charge >= 0.3 is 0 Å². The number of amides is 1. The molecule has 0 aliphatic carbocycles. The summed E-state index contributed by atoms with van der Waals surface area (Å²) in [4.78, 5) is 36.0. The summed E-state index contributed by atoms with van der Waals surface area (Å²) in [6.45, 7) is 2.62. The summed E-state index contributed by atoms with van der Waals surface area (Å²) in [7, 11) is 3.25. The molecule has 0 bridgehead atoms. The van der Waals surface area contributed by atoms with E-state index in [0.29, 0.717) is 16.8 Å². The Hall–Kier alpha value is -3.17. The number of hydrogen-bond donors (Lipinski definition) is 0. The average molecular weight is 496 g/mol. The number of nitrogens with zero attached hydrogens (tertiary/aromatic N) is 3. The molecule has 0 saturated carbocycles. The molecule has 5 rings (SSSR count). The minimum atomic E-state index is -0.185. The quantitative estimate of drug-likeness (QED) is 0.381. The molecule has 34 heavy (non-hydrogen) atoms. The lowest BCUT2D eigenvalue weighted by molar-refractivity contribution is -0.132. The van der Waals surface area contributed by atoms with Crippen LogP contribution in [0.15, 0.2) is 46.8 Å². The van der Waals surface area contributed by atoms with Crippen LogP contribution in [0, 0.1) is 6.92 Å². The molecular formula is C25H25N3O4S2. The van der Waals surface area contributed by atoms with Gasteiger partial charge in [0.2, 0.25) is 5.91 Å². The zero-order valence-electron chi connectivity index (χ0n) is 19.2. The maximum absolute atomic E-state index is 13.4. The van der Waals surface area contributed by atoms with E-state index in [1.54, 1.807) is 25.6 Å². The Kier molecular flexibility index (Phi) is 6.14. The van der Waals surface area contributed by atoms with Crippen molar-refractivity contribution in [2.24, 2.45) is 0 Å². The van der Waals surface area contributed by atoms with Gasteiger partial charge in [0.15, 0.2) is 0 Å². The number of rotatable bonds is 6. The zero-order chi connectivity index (χ0) is 23.8. The molecule has 1 unspecified atom stereocenters. The number of benzene rings is 1. The lowest BCUT2D eigenvalue weighted by atomic mass is 10.0. The average Bonchev–Trinajstić information content (AvgIpc) is 3.59. The van der Waals surface area contributed by atoms with Gasteiger partial charge in [-0.25, -0.2) is 4.98 Å². The maximum atomic E-state index is 13.4. The predicted molar refractivity (Wildman–Crippen MR) is 135 cm³/mol. The molecule has 176 valence electrons. The van der Waals surface area contributed by atoms with Gasteiger partial charge in [-0.15, -0.1) is 22.7 Å². The minimum absolute atomic E-state index is 0.0523. The molecule has 9 heteroatoms. The second-order valence-electron chi connectivity index (χ2n) is 8.27. The van der Waals surface area contributed by atoms with Crippen molar-refractivity contribution in [3.05, 3.63) is 62.8 Å². The number of hydrogen-bond acceptors (Lipinski definition) is 7. The summed E-state index contributed by atoms with van der Waals surface area (Å²) >= 11 is 3.10. The van der Waals surface area contributed by atoms with Gasteiger partial charge in [0.1, 0.15) is 22.9 Å². The van der Waals surface area contributed by atoms with E-state index in [4.69, 9.17) is 9.47 Å². The van der Waals surface area contributed by atoms with Crippen LogP contribution in [0.5, 0.6) is 11.5 Å². The number of fused-ring (bicyclic) bond motifs is 1. The van der Waals surface area contributed by atoms with E-state index >= 15 is 0 Å². The molecule has 1 aliphatic rings. The van der Waals surface area contributed by atoms with Crippen molar-refractivity contribution in [1.29, 1.82) is 0 Å². The zero-order valence-corrected chi connectivity index (χ0v) is 20.9. The first-order chi connectivity index (χ1) is 16.5. The Morgan fingerprint density at radius 1 is 1.21 bits per heavy atom. The Morgan fingerprint density at radius 2 is 2.06 bits per heavy atom. The first-order valence-electron chi connectivity index (χ1n) is 11.0. The van der Waals surface area contributed by atoms with Crippen molar-refractivity contribution in [3.8, 4) is 21.9 Å². The van der Waals surface area contributed by atoms with Crippen molar-refractivity contribution < 1.29 is 14.3 Å². The molecule has 1 saturated heterocycles. The van der Waals surface area contributed by atoms with Crippen LogP contribution >= 0.6 is 22.7 Å². The van der Waals surface area contributed by atoms with E-state index in [1.165, 1.54) is 27.1 Å². The van der Waals surface area contributed by atoms with E-state index in [9.17, 15) is 9.59 Å². The Balaban J connectivity index is 1.46. The van der Waals surface area contributed by atoms with Gasteiger partial charge in [0.05, 0.1) is 32.0 Å². The van der Waals surface area contributed by atoms with Crippen LogP contribution in [0.1, 0.15) is 29.3 Å². The van der Waals surface area contributed by atoms with Crippen molar-refractivity contribution in [3.63, 3.8) is 0 Å². The molecule has 0 radical (unpaired) electrons. The van der Waals surface area contributed by atoms with Crippen LogP contribution in [0.2, 0.25) is 0 Å². The van der Waals surface area contributed by atoms with E-state index in [-0.39, 0.29) is 24.1 Å². The van der Waals surface area contributed by atoms with Crippen LogP contribution in [0.25, 0.3) is 20.7 Å². The highest BCUT2D eigenvalue weighted by molar-refractivity contribution is 7.19. The van der Waals surface area contributed by atoms with Crippen molar-refractivity contribution >= 4 is 38.8 Å². The minimum Gasteiger partial charge on any atom is -0.497 e. The monoisotopic (exact) mass is 495 g/mol. The Labute approximate surface area is 205 Å². The third-order valence-corrected chi connectivity index (χ3v) is 8.16. The van der Waals surface area contributed by atoms with Gasteiger partial charge in [-0.2, -0.15) is 0 Å². The number of aromatic nitrogens is 2. The third-order valence-electron chi connectivity index (χ3n) is 6.24. The summed E-state index contributed by atoms with van der Waals surface area (Å²) in [6, 6.07) is 9.58. The van der Waals surface area contributed by atoms with Gasteiger partial charge in [0.25, 0.3) is 5.56 Å². The Bertz CT molecular complexity index is 1420. The second kappa shape index (κ2) is 9.23. The van der Waals surface area contributed by atoms with Gasteiger partial charge in [0, 0.05) is 32.8 Å². The van der Waals surface area contributed by atoms with Crippen LogP contribution < -0.4 is 15.0 Å². The number of aryl methyl sites for hydroxylation is 1. The van der Waals surface area contributed by atoms with Crippen LogP contribution in [-0.2, 0) is 11.3 Å². The van der Waals surface area contributed by atoms with E-state index in [1.807, 2.05) is 47.5 Å². The molecule has 1 fully saturated rings. The number of methoxy groups -OCH3 is 2. The van der Waals surface area contributed by atoms with E-state index in [2.05, 4.69) is 4.98 Å². The van der Waals surface area contributed by atoms with Gasteiger partial charge < -0.3 is 14.4 Å². The van der Waals surface area contributed by atoms with Gasteiger partial charge in [-0.1, -0.05) is 0 Å². The summed E-state index contributed by atoms with van der Waals surface area (Å²) < 4.78 is 12.4. The summed E-state index contributed by atoms with van der Waals surface area (Å²) in [5, 5.41) is 2.55.